The Hall–Kier alpha value is -2.54. The molecule has 0 bridgehead atoms. The largest absolute Gasteiger partial charge is 0.493 e. The van der Waals surface area contributed by atoms with E-state index in [2.05, 4.69) is 5.16 Å². The molecule has 0 unspecified atom stereocenters. The van der Waals surface area contributed by atoms with E-state index in [4.69, 9.17) is 23.8 Å². The van der Waals surface area contributed by atoms with Crippen molar-refractivity contribution in [3.05, 3.63) is 29.5 Å². The maximum absolute atomic E-state index is 10.9. The quantitative estimate of drug-likeness (QED) is 0.872. The molecule has 0 amide bonds. The molecule has 1 heterocycles. The predicted octanol–water partition coefficient (Wildman–Crippen LogP) is 2.20. The van der Waals surface area contributed by atoms with Crippen molar-refractivity contribution in [1.29, 1.82) is 0 Å². The second-order valence-corrected chi connectivity index (χ2v) is 4.19. The van der Waals surface area contributed by atoms with Gasteiger partial charge in [0.05, 0.1) is 26.4 Å². The second kappa shape index (κ2) is 6.27. The van der Waals surface area contributed by atoms with Crippen molar-refractivity contribution in [2.75, 3.05) is 21.3 Å². The molecule has 0 atom stereocenters. The van der Waals surface area contributed by atoms with Gasteiger partial charge in [0.15, 0.2) is 23.0 Å². The van der Waals surface area contributed by atoms with Crippen molar-refractivity contribution >= 4 is 5.97 Å². The first kappa shape index (κ1) is 14.9. The van der Waals surface area contributed by atoms with Gasteiger partial charge in [0.2, 0.25) is 0 Å². The highest BCUT2D eigenvalue weighted by molar-refractivity contribution is 5.87. The van der Waals surface area contributed by atoms with Gasteiger partial charge in [-0.2, -0.15) is 0 Å². The predicted molar refractivity (Wildman–Crippen MR) is 72.7 cm³/mol. The number of aromatic nitrogens is 1. The second-order valence-electron chi connectivity index (χ2n) is 4.19. The van der Waals surface area contributed by atoms with Crippen LogP contribution in [0.5, 0.6) is 11.5 Å². The number of hydrogen-bond donors (Lipinski definition) is 1. The number of carbonyl (C=O) groups is 1. The summed E-state index contributed by atoms with van der Waals surface area (Å²) in [6.45, 7) is 0.368. The van der Waals surface area contributed by atoms with Gasteiger partial charge in [0, 0.05) is 13.2 Å². The number of benzene rings is 1. The normalized spacial score (nSPS) is 10.4. The van der Waals surface area contributed by atoms with Gasteiger partial charge < -0.3 is 23.8 Å². The van der Waals surface area contributed by atoms with Crippen molar-refractivity contribution in [3.8, 4) is 22.8 Å². The van der Waals surface area contributed by atoms with Crippen molar-refractivity contribution in [2.24, 2.45) is 0 Å². The van der Waals surface area contributed by atoms with Crippen molar-refractivity contribution in [2.45, 2.75) is 6.61 Å². The Bertz CT molecular complexity index is 649. The standard InChI is InChI=1S/C14H15NO6/c1-18-7-8-4-9(13(20-3)12(5-8)19-2)11-6-10(14(16)17)15-21-11/h4-6H,7H2,1-3H3,(H,16,17). The average Bonchev–Trinajstić information content (AvgIpc) is 2.96. The fraction of sp³-hybridized carbons (Fsp3) is 0.286. The highest BCUT2D eigenvalue weighted by atomic mass is 16.5. The monoisotopic (exact) mass is 293 g/mol. The molecule has 0 aliphatic carbocycles. The molecule has 0 radical (unpaired) electrons. The lowest BCUT2D eigenvalue weighted by Gasteiger charge is -2.13. The molecule has 2 rings (SSSR count). The zero-order valence-electron chi connectivity index (χ0n) is 11.9. The number of methoxy groups -OCH3 is 3. The van der Waals surface area contributed by atoms with Crippen LogP contribution in [0, 0.1) is 0 Å². The van der Waals surface area contributed by atoms with Crippen LogP contribution in [-0.2, 0) is 11.3 Å². The van der Waals surface area contributed by atoms with E-state index in [0.717, 1.165) is 5.56 Å². The number of aromatic carboxylic acids is 1. The molecular formula is C14H15NO6. The van der Waals surface area contributed by atoms with Gasteiger partial charge in [-0.1, -0.05) is 5.16 Å². The van der Waals surface area contributed by atoms with Crippen LogP contribution >= 0.6 is 0 Å². The summed E-state index contributed by atoms with van der Waals surface area (Å²) in [7, 11) is 4.58. The fourth-order valence-corrected chi connectivity index (χ4v) is 1.96. The van der Waals surface area contributed by atoms with Crippen LogP contribution in [0.25, 0.3) is 11.3 Å². The number of carboxylic acid groups (broad SMARTS) is 1. The van der Waals surface area contributed by atoms with Gasteiger partial charge in [-0.25, -0.2) is 4.79 Å². The summed E-state index contributed by atoms with van der Waals surface area (Å²) in [5.74, 6) is 0.0465. The molecule has 112 valence electrons. The third-order valence-electron chi connectivity index (χ3n) is 2.84. The minimum absolute atomic E-state index is 0.178. The summed E-state index contributed by atoms with van der Waals surface area (Å²) >= 11 is 0. The first-order chi connectivity index (χ1) is 10.1. The van der Waals surface area contributed by atoms with E-state index in [1.54, 1.807) is 19.2 Å². The molecule has 0 aliphatic rings. The smallest absolute Gasteiger partial charge is 0.358 e. The van der Waals surface area contributed by atoms with E-state index in [1.807, 2.05) is 0 Å². The Morgan fingerprint density at radius 2 is 2.00 bits per heavy atom. The third kappa shape index (κ3) is 2.97. The SMILES string of the molecule is COCc1cc(OC)c(OC)c(-c2cc(C(=O)O)no2)c1. The molecule has 7 nitrogen and oxygen atoms in total. The number of carboxylic acids is 1. The minimum atomic E-state index is -1.16. The summed E-state index contributed by atoms with van der Waals surface area (Å²) < 4.78 is 20.8. The Balaban J connectivity index is 2.57. The summed E-state index contributed by atoms with van der Waals surface area (Å²) in [5.41, 5.74) is 1.20. The highest BCUT2D eigenvalue weighted by Crippen LogP contribution is 2.39. The summed E-state index contributed by atoms with van der Waals surface area (Å²) in [6, 6.07) is 4.88. The van der Waals surface area contributed by atoms with Gasteiger partial charge in [0.1, 0.15) is 0 Å². The first-order valence-electron chi connectivity index (χ1n) is 6.05. The summed E-state index contributed by atoms with van der Waals surface area (Å²) in [5, 5.41) is 12.4. The molecular weight excluding hydrogens is 278 g/mol. The number of rotatable bonds is 6. The van der Waals surface area contributed by atoms with E-state index in [9.17, 15) is 4.79 Å². The van der Waals surface area contributed by atoms with E-state index in [0.29, 0.717) is 23.7 Å². The fourth-order valence-electron chi connectivity index (χ4n) is 1.96. The Kier molecular flexibility index (Phi) is 4.44. The lowest BCUT2D eigenvalue weighted by Crippen LogP contribution is -1.97. The molecule has 0 saturated heterocycles. The van der Waals surface area contributed by atoms with E-state index in [1.165, 1.54) is 20.3 Å². The third-order valence-corrected chi connectivity index (χ3v) is 2.84. The van der Waals surface area contributed by atoms with Crippen LogP contribution in [0.15, 0.2) is 22.7 Å². The molecule has 0 spiro atoms. The van der Waals surface area contributed by atoms with Crippen LogP contribution in [-0.4, -0.2) is 37.6 Å². The van der Waals surface area contributed by atoms with Gasteiger partial charge in [-0.3, -0.25) is 0 Å². The molecule has 0 fully saturated rings. The van der Waals surface area contributed by atoms with Crippen molar-refractivity contribution < 1.29 is 28.6 Å². The van der Waals surface area contributed by atoms with Crippen LogP contribution in [0.3, 0.4) is 0 Å². The number of hydrogen-bond acceptors (Lipinski definition) is 6. The molecule has 2 aromatic rings. The average molecular weight is 293 g/mol. The maximum atomic E-state index is 10.9. The van der Waals surface area contributed by atoms with Crippen molar-refractivity contribution in [1.82, 2.24) is 5.16 Å². The molecule has 1 aromatic heterocycles. The minimum Gasteiger partial charge on any atom is -0.493 e. The molecule has 7 heteroatoms. The van der Waals surface area contributed by atoms with E-state index >= 15 is 0 Å². The van der Waals surface area contributed by atoms with Crippen LogP contribution in [0.4, 0.5) is 0 Å². The van der Waals surface area contributed by atoms with Crippen LogP contribution in [0.1, 0.15) is 16.1 Å². The molecule has 1 N–H and O–H groups in total. The Morgan fingerprint density at radius 3 is 2.52 bits per heavy atom. The maximum Gasteiger partial charge on any atom is 0.358 e. The van der Waals surface area contributed by atoms with Gasteiger partial charge >= 0.3 is 5.97 Å². The number of ether oxygens (including phenoxy) is 3. The zero-order valence-corrected chi connectivity index (χ0v) is 11.9. The lowest BCUT2D eigenvalue weighted by molar-refractivity contribution is 0.0686. The van der Waals surface area contributed by atoms with Crippen LogP contribution in [0.2, 0.25) is 0 Å². The van der Waals surface area contributed by atoms with Gasteiger partial charge in [-0.15, -0.1) is 0 Å². The lowest BCUT2D eigenvalue weighted by atomic mass is 10.1. The van der Waals surface area contributed by atoms with Crippen molar-refractivity contribution in [3.63, 3.8) is 0 Å². The molecule has 0 saturated carbocycles. The van der Waals surface area contributed by atoms with Crippen LogP contribution < -0.4 is 9.47 Å². The summed E-state index contributed by atoms with van der Waals surface area (Å²) in [4.78, 5) is 10.9. The van der Waals surface area contributed by atoms with Gasteiger partial charge in [0.25, 0.3) is 0 Å². The highest BCUT2D eigenvalue weighted by Gasteiger charge is 2.19. The van der Waals surface area contributed by atoms with Gasteiger partial charge in [-0.05, 0) is 17.7 Å². The van der Waals surface area contributed by atoms with E-state index in [-0.39, 0.29) is 11.5 Å². The zero-order chi connectivity index (χ0) is 15.4. The molecule has 0 aliphatic heterocycles. The number of nitrogens with zero attached hydrogens (tertiary/aromatic N) is 1. The first-order valence-corrected chi connectivity index (χ1v) is 6.05. The molecule has 1 aromatic carbocycles. The summed E-state index contributed by atoms with van der Waals surface area (Å²) in [6.07, 6.45) is 0. The Morgan fingerprint density at radius 1 is 1.24 bits per heavy atom. The Labute approximate surface area is 121 Å². The molecule has 21 heavy (non-hydrogen) atoms. The van der Waals surface area contributed by atoms with E-state index < -0.39 is 5.97 Å². The topological polar surface area (TPSA) is 91.0 Å².